The molecule has 3 atom stereocenters. The first-order valence-corrected chi connectivity index (χ1v) is 10.7. The van der Waals surface area contributed by atoms with Gasteiger partial charge >= 0.3 is 0 Å². The predicted molar refractivity (Wildman–Crippen MR) is 109 cm³/mol. The Morgan fingerprint density at radius 2 is 1.93 bits per heavy atom. The minimum absolute atomic E-state index is 0.0545. The summed E-state index contributed by atoms with van der Waals surface area (Å²) >= 11 is 6.19. The van der Waals surface area contributed by atoms with Crippen molar-refractivity contribution >= 4 is 29.5 Å². The molecular formula is C22H27ClN2O3. The molecule has 6 heteroatoms. The lowest BCUT2D eigenvalue weighted by molar-refractivity contribution is -0.135. The van der Waals surface area contributed by atoms with Gasteiger partial charge < -0.3 is 15.4 Å². The molecule has 4 rings (SSSR count). The van der Waals surface area contributed by atoms with E-state index in [1.54, 1.807) is 12.1 Å². The number of ether oxygens (including phenoxy) is 1. The molecule has 3 unspecified atom stereocenters. The summed E-state index contributed by atoms with van der Waals surface area (Å²) in [5.41, 5.74) is 0.758. The highest BCUT2D eigenvalue weighted by Gasteiger charge is 2.40. The predicted octanol–water partition coefficient (Wildman–Crippen LogP) is 3.81. The quantitative estimate of drug-likeness (QED) is 0.755. The van der Waals surface area contributed by atoms with Crippen LogP contribution in [0.25, 0.3) is 6.08 Å². The minimum Gasteiger partial charge on any atom is -0.483 e. The number of halogens is 1. The number of fused-ring (bicyclic) bond motifs is 1. The Bertz CT molecular complexity index is 773. The first kappa shape index (κ1) is 19.3. The van der Waals surface area contributed by atoms with Crippen molar-refractivity contribution in [2.75, 3.05) is 0 Å². The highest BCUT2D eigenvalue weighted by atomic mass is 35.5. The number of nitrogens with one attached hydrogen (secondary N) is 2. The molecular weight excluding hydrogens is 376 g/mol. The summed E-state index contributed by atoms with van der Waals surface area (Å²) in [5, 5.41) is 6.85. The number of hydrogen-bond acceptors (Lipinski definition) is 3. The van der Waals surface area contributed by atoms with Crippen molar-refractivity contribution in [3.63, 3.8) is 0 Å². The monoisotopic (exact) mass is 402 g/mol. The maximum Gasteiger partial charge on any atom is 0.286 e. The largest absolute Gasteiger partial charge is 0.483 e. The number of benzene rings is 1. The summed E-state index contributed by atoms with van der Waals surface area (Å²) < 4.78 is 6.00. The van der Waals surface area contributed by atoms with Crippen molar-refractivity contribution in [2.24, 2.45) is 5.92 Å². The van der Waals surface area contributed by atoms with Gasteiger partial charge in [-0.3, -0.25) is 9.59 Å². The van der Waals surface area contributed by atoms with Crippen molar-refractivity contribution in [3.05, 3.63) is 40.6 Å². The number of rotatable bonds is 3. The number of morpholine rings is 1. The lowest BCUT2D eigenvalue weighted by Crippen LogP contribution is -2.55. The van der Waals surface area contributed by atoms with Crippen LogP contribution in [0.1, 0.15) is 56.9 Å². The molecule has 150 valence electrons. The molecule has 1 saturated heterocycles. The second-order valence-corrected chi connectivity index (χ2v) is 8.53. The fourth-order valence-corrected chi connectivity index (χ4v) is 4.72. The van der Waals surface area contributed by atoms with Gasteiger partial charge in [-0.15, -0.1) is 0 Å². The molecule has 5 nitrogen and oxygen atoms in total. The molecule has 0 bridgehead atoms. The van der Waals surface area contributed by atoms with Gasteiger partial charge in [0.05, 0.1) is 6.04 Å². The van der Waals surface area contributed by atoms with Crippen LogP contribution in [0.5, 0.6) is 0 Å². The van der Waals surface area contributed by atoms with Crippen LogP contribution in [0.2, 0.25) is 5.02 Å². The summed E-state index contributed by atoms with van der Waals surface area (Å²) in [6, 6.07) is 7.56. The summed E-state index contributed by atoms with van der Waals surface area (Å²) in [6.45, 7) is 0. The van der Waals surface area contributed by atoms with Gasteiger partial charge in [-0.25, -0.2) is 0 Å². The van der Waals surface area contributed by atoms with Crippen molar-refractivity contribution in [1.82, 2.24) is 10.6 Å². The molecule has 2 saturated carbocycles. The van der Waals surface area contributed by atoms with E-state index in [-0.39, 0.29) is 29.9 Å². The molecule has 0 spiro atoms. The lowest BCUT2D eigenvalue weighted by atomic mass is 9.82. The summed E-state index contributed by atoms with van der Waals surface area (Å²) in [6.07, 6.45) is 9.61. The molecule has 28 heavy (non-hydrogen) atoms. The Hall–Kier alpha value is -2.01. The van der Waals surface area contributed by atoms with Gasteiger partial charge in [0.15, 0.2) is 5.76 Å². The minimum atomic E-state index is -0.241. The van der Waals surface area contributed by atoms with Crippen LogP contribution in [0, 0.1) is 5.92 Å². The average molecular weight is 403 g/mol. The first-order valence-electron chi connectivity index (χ1n) is 10.3. The molecule has 1 aromatic rings. The van der Waals surface area contributed by atoms with Crippen LogP contribution in [-0.4, -0.2) is 30.0 Å². The van der Waals surface area contributed by atoms with Gasteiger partial charge in [-0.1, -0.05) is 49.1 Å². The van der Waals surface area contributed by atoms with Crippen molar-refractivity contribution in [3.8, 4) is 0 Å². The fraction of sp³-hybridized carbons (Fsp3) is 0.545. The van der Waals surface area contributed by atoms with Crippen LogP contribution in [0.3, 0.4) is 0 Å². The molecule has 2 amide bonds. The maximum absolute atomic E-state index is 12.7. The van der Waals surface area contributed by atoms with Gasteiger partial charge in [0, 0.05) is 17.0 Å². The Morgan fingerprint density at radius 3 is 2.71 bits per heavy atom. The standard InChI is InChI=1S/C22H27ClN2O3/c23-17-9-5-4-6-14(17)13-20-22(27)25-18-12-15(10-11-19(18)28-20)21(26)24-16-7-2-1-3-8-16/h4-6,9,13,15-16,18-19H,1-3,7-8,10-12H2,(H,24,26)(H,25,27)/b20-13-. The SMILES string of the molecule is O=C1NC2CC(C(=O)NC3CCCCC3)CCC2O/C1=C\c1ccccc1Cl. The van der Waals surface area contributed by atoms with Gasteiger partial charge in [0.25, 0.3) is 5.91 Å². The summed E-state index contributed by atoms with van der Waals surface area (Å²) in [5.74, 6) is 0.132. The Kier molecular flexibility index (Phi) is 5.90. The number of hydrogen-bond donors (Lipinski definition) is 2. The van der Waals surface area contributed by atoms with Crippen LogP contribution < -0.4 is 10.6 Å². The van der Waals surface area contributed by atoms with Crippen molar-refractivity contribution in [1.29, 1.82) is 0 Å². The lowest BCUT2D eigenvalue weighted by Gasteiger charge is -2.40. The third kappa shape index (κ3) is 4.35. The van der Waals surface area contributed by atoms with Crippen molar-refractivity contribution < 1.29 is 14.3 Å². The molecule has 1 aliphatic heterocycles. The highest BCUT2D eigenvalue weighted by molar-refractivity contribution is 6.32. The zero-order chi connectivity index (χ0) is 19.5. The molecule has 1 heterocycles. The second kappa shape index (κ2) is 8.56. The Morgan fingerprint density at radius 1 is 1.14 bits per heavy atom. The molecule has 0 radical (unpaired) electrons. The normalized spacial score (nSPS) is 29.5. The molecule has 2 aliphatic carbocycles. The highest BCUT2D eigenvalue weighted by Crippen LogP contribution is 2.32. The summed E-state index contributed by atoms with van der Waals surface area (Å²) in [4.78, 5) is 25.2. The van der Waals surface area contributed by atoms with Crippen LogP contribution in [0.4, 0.5) is 0 Å². The topological polar surface area (TPSA) is 67.4 Å². The van der Waals surface area contributed by atoms with E-state index in [1.807, 2.05) is 18.2 Å². The third-order valence-electron chi connectivity index (χ3n) is 6.12. The van der Waals surface area contributed by atoms with E-state index in [4.69, 9.17) is 16.3 Å². The smallest absolute Gasteiger partial charge is 0.286 e. The zero-order valence-electron chi connectivity index (χ0n) is 16.0. The molecule has 3 aliphatic rings. The number of carbonyl (C=O) groups is 2. The van der Waals surface area contributed by atoms with E-state index >= 15 is 0 Å². The van der Waals surface area contributed by atoms with Gasteiger partial charge in [-0.2, -0.15) is 0 Å². The van der Waals surface area contributed by atoms with Gasteiger partial charge in [-0.05, 0) is 49.8 Å². The molecule has 1 aromatic carbocycles. The number of amides is 2. The van der Waals surface area contributed by atoms with E-state index in [0.29, 0.717) is 23.2 Å². The van der Waals surface area contributed by atoms with Gasteiger partial charge in [0.1, 0.15) is 6.10 Å². The van der Waals surface area contributed by atoms with E-state index in [9.17, 15) is 9.59 Å². The van der Waals surface area contributed by atoms with Crippen LogP contribution in [0.15, 0.2) is 30.0 Å². The van der Waals surface area contributed by atoms with E-state index in [0.717, 1.165) is 31.2 Å². The van der Waals surface area contributed by atoms with Crippen LogP contribution >= 0.6 is 11.6 Å². The maximum atomic E-state index is 12.7. The van der Waals surface area contributed by atoms with E-state index < -0.39 is 0 Å². The van der Waals surface area contributed by atoms with Crippen molar-refractivity contribution in [2.45, 2.75) is 69.6 Å². The van der Waals surface area contributed by atoms with E-state index in [1.165, 1.54) is 19.3 Å². The third-order valence-corrected chi connectivity index (χ3v) is 6.46. The average Bonchev–Trinajstić information content (AvgIpc) is 2.70. The zero-order valence-corrected chi connectivity index (χ0v) is 16.7. The fourth-order valence-electron chi connectivity index (χ4n) is 4.53. The molecule has 2 N–H and O–H groups in total. The Labute approximate surface area is 170 Å². The second-order valence-electron chi connectivity index (χ2n) is 8.12. The van der Waals surface area contributed by atoms with Crippen LogP contribution in [-0.2, 0) is 14.3 Å². The number of carbonyl (C=O) groups excluding carboxylic acids is 2. The van der Waals surface area contributed by atoms with E-state index in [2.05, 4.69) is 10.6 Å². The molecule has 3 fully saturated rings. The Balaban J connectivity index is 1.37. The molecule has 0 aromatic heterocycles. The first-order chi connectivity index (χ1) is 13.6. The summed E-state index contributed by atoms with van der Waals surface area (Å²) in [7, 11) is 0. The van der Waals surface area contributed by atoms with Gasteiger partial charge in [0.2, 0.25) is 5.91 Å².